The Morgan fingerprint density at radius 1 is 1.12 bits per heavy atom. The van der Waals surface area contributed by atoms with Gasteiger partial charge in [-0.1, -0.05) is 0 Å². The van der Waals surface area contributed by atoms with Gasteiger partial charge in [0.05, 0.1) is 0 Å². The number of hydrogen-bond acceptors (Lipinski definition) is 2. The monoisotopic (exact) mass is 243 g/mol. The van der Waals surface area contributed by atoms with E-state index in [1.165, 1.54) is 0 Å². The van der Waals surface area contributed by atoms with Gasteiger partial charge < -0.3 is 5.48 Å². The van der Waals surface area contributed by atoms with Crippen molar-refractivity contribution in [2.75, 3.05) is 0 Å². The molecule has 0 rings (SSSR count). The largest absolute Gasteiger partial charge is 0.412 e. The van der Waals surface area contributed by atoms with Crippen LogP contribution >= 0.6 is 0 Å². The van der Waals surface area contributed by atoms with Gasteiger partial charge in [0, 0.05) is 36.5 Å². The minimum atomic E-state index is -4.67. The molecule has 0 unspecified atom stereocenters. The predicted octanol–water partition coefficient (Wildman–Crippen LogP) is -1.48. The van der Waals surface area contributed by atoms with Crippen molar-refractivity contribution in [2.24, 2.45) is 0 Å². The number of rotatable bonds is 0. The second-order valence-electron chi connectivity index (χ2n) is 0.448. The summed E-state index contributed by atoms with van der Waals surface area (Å²) < 4.78 is 31.6. The Bertz CT molecular complexity index is 95.6. The van der Waals surface area contributed by atoms with E-state index in [1.54, 1.807) is 0 Å². The van der Waals surface area contributed by atoms with Gasteiger partial charge in [-0.3, -0.25) is 9.11 Å². The zero-order valence-corrected chi connectivity index (χ0v) is 8.35. The Morgan fingerprint density at radius 2 is 1.12 bits per heavy atom. The van der Waals surface area contributed by atoms with E-state index in [0.717, 1.165) is 0 Å². The fraction of sp³-hybridized carbons (Fsp3) is 0. The van der Waals surface area contributed by atoms with Crippen LogP contribution < -0.4 is 0 Å². The molecule has 0 spiro atoms. The molecule has 1 radical (unpaired) electrons. The van der Waals surface area contributed by atoms with Gasteiger partial charge in [-0.25, -0.2) is 0 Å². The summed E-state index contributed by atoms with van der Waals surface area (Å²) in [6.07, 6.45) is 0. The minimum absolute atomic E-state index is 0. The molecule has 0 aromatic carbocycles. The third kappa shape index (κ3) is 263. The topological polar surface area (TPSA) is 106 Å². The summed E-state index contributed by atoms with van der Waals surface area (Å²) in [6.45, 7) is 0. The van der Waals surface area contributed by atoms with Crippen molar-refractivity contribution in [3.63, 3.8) is 0 Å². The van der Waals surface area contributed by atoms with Crippen LogP contribution in [0.2, 0.25) is 0 Å². The van der Waals surface area contributed by atoms with Crippen LogP contribution in [0.1, 0.15) is 0 Å². The van der Waals surface area contributed by atoms with Crippen LogP contribution in [0.5, 0.6) is 0 Å². The van der Waals surface area contributed by atoms with E-state index < -0.39 is 10.4 Å². The standard InChI is InChI=1S/Cu.H2O4S.H2O.Zn/c;1-5(2,3)4;;/h;(H2,1,2,3,4);1H2;. The molecule has 8 heavy (non-hydrogen) atoms. The normalized spacial score (nSPS) is 7.25. The fourth-order valence-corrected chi connectivity index (χ4v) is 0. The second kappa shape index (κ2) is 7.97. The van der Waals surface area contributed by atoms with E-state index in [4.69, 9.17) is 17.5 Å². The van der Waals surface area contributed by atoms with Crippen LogP contribution in [-0.4, -0.2) is 23.0 Å². The smallest absolute Gasteiger partial charge is 0.394 e. The van der Waals surface area contributed by atoms with Gasteiger partial charge in [0.15, 0.2) is 0 Å². The van der Waals surface area contributed by atoms with E-state index in [1.807, 2.05) is 0 Å². The second-order valence-corrected chi connectivity index (χ2v) is 1.34. The molecule has 0 aliphatic heterocycles. The first kappa shape index (κ1) is 23.1. The van der Waals surface area contributed by atoms with E-state index >= 15 is 0 Å². The fourth-order valence-electron chi connectivity index (χ4n) is 0. The van der Waals surface area contributed by atoms with E-state index in [0.29, 0.717) is 0 Å². The van der Waals surface area contributed by atoms with Crippen molar-refractivity contribution in [3.8, 4) is 0 Å². The van der Waals surface area contributed by atoms with Gasteiger partial charge in [-0.05, 0) is 0 Å². The first-order valence-electron chi connectivity index (χ1n) is 0.698. The Hall–Kier alpha value is 0.973. The molecule has 53 valence electrons. The van der Waals surface area contributed by atoms with Crippen molar-refractivity contribution < 1.29 is 59.5 Å². The molecule has 0 saturated heterocycles. The maximum atomic E-state index is 8.74. The summed E-state index contributed by atoms with van der Waals surface area (Å²) in [5.41, 5.74) is 0. The summed E-state index contributed by atoms with van der Waals surface area (Å²) in [7, 11) is -4.67. The molecule has 0 aliphatic carbocycles. The van der Waals surface area contributed by atoms with Crippen molar-refractivity contribution in [1.29, 1.82) is 0 Å². The summed E-state index contributed by atoms with van der Waals surface area (Å²) >= 11 is 0. The van der Waals surface area contributed by atoms with Crippen LogP contribution in [-0.2, 0) is 46.9 Å². The molecular weight excluding hydrogens is 241 g/mol. The van der Waals surface area contributed by atoms with Crippen molar-refractivity contribution in [2.45, 2.75) is 0 Å². The molecule has 8 heteroatoms. The van der Waals surface area contributed by atoms with Crippen molar-refractivity contribution >= 4 is 10.4 Å². The number of hydrogen-bond donors (Lipinski definition) is 2. The molecule has 0 aromatic rings. The maximum Gasteiger partial charge on any atom is 0.394 e. The molecule has 0 aliphatic rings. The Labute approximate surface area is 70.0 Å². The predicted molar refractivity (Wildman–Crippen MR) is 17.8 cm³/mol. The third-order valence-electron chi connectivity index (χ3n) is 0. The third-order valence-corrected chi connectivity index (χ3v) is 0. The van der Waals surface area contributed by atoms with Crippen molar-refractivity contribution in [1.82, 2.24) is 0 Å². The molecular formula is H4CuO5SZn. The summed E-state index contributed by atoms with van der Waals surface area (Å²) in [5.74, 6) is 0. The van der Waals surface area contributed by atoms with Gasteiger partial charge in [0.2, 0.25) is 0 Å². The van der Waals surface area contributed by atoms with Gasteiger partial charge >= 0.3 is 10.4 Å². The quantitative estimate of drug-likeness (QED) is 0.400. The molecule has 5 nitrogen and oxygen atoms in total. The Balaban J connectivity index is -0.0000000267. The SMILES string of the molecule is O.O=S(=O)(O)O.[Cu].[Zn]. The van der Waals surface area contributed by atoms with Gasteiger partial charge in [0.25, 0.3) is 0 Å². The average Bonchev–Trinajstić information content (AvgIpc) is 0.722. The van der Waals surface area contributed by atoms with Gasteiger partial charge in [0.1, 0.15) is 0 Å². The van der Waals surface area contributed by atoms with Crippen LogP contribution in [0, 0.1) is 0 Å². The maximum absolute atomic E-state index is 8.74. The molecule has 0 saturated carbocycles. The van der Waals surface area contributed by atoms with E-state index in [-0.39, 0.29) is 42.0 Å². The Morgan fingerprint density at radius 3 is 1.12 bits per heavy atom. The van der Waals surface area contributed by atoms with Gasteiger partial charge in [-0.15, -0.1) is 0 Å². The zero-order chi connectivity index (χ0) is 4.50. The molecule has 0 bridgehead atoms. The molecule has 0 atom stereocenters. The first-order valence-corrected chi connectivity index (χ1v) is 2.10. The Kier molecular flexibility index (Phi) is 23.0. The van der Waals surface area contributed by atoms with Crippen molar-refractivity contribution in [3.05, 3.63) is 0 Å². The van der Waals surface area contributed by atoms with E-state index in [2.05, 4.69) is 0 Å². The van der Waals surface area contributed by atoms with E-state index in [9.17, 15) is 0 Å². The molecule has 0 aromatic heterocycles. The van der Waals surface area contributed by atoms with Gasteiger partial charge in [-0.2, -0.15) is 8.42 Å². The van der Waals surface area contributed by atoms with Crippen LogP contribution in [0.3, 0.4) is 0 Å². The molecule has 0 heterocycles. The first-order chi connectivity index (χ1) is 2.00. The summed E-state index contributed by atoms with van der Waals surface area (Å²) in [5, 5.41) is 0. The molecule has 4 N–H and O–H groups in total. The van der Waals surface area contributed by atoms with Crippen LogP contribution in [0.25, 0.3) is 0 Å². The molecule has 0 amide bonds. The molecule has 0 fully saturated rings. The summed E-state index contributed by atoms with van der Waals surface area (Å²) in [6, 6.07) is 0. The van der Waals surface area contributed by atoms with Crippen LogP contribution in [0.4, 0.5) is 0 Å². The van der Waals surface area contributed by atoms with Crippen LogP contribution in [0.15, 0.2) is 0 Å². The minimum Gasteiger partial charge on any atom is -0.412 e. The summed E-state index contributed by atoms with van der Waals surface area (Å²) in [4.78, 5) is 0. The average molecular weight is 245 g/mol. The zero-order valence-electron chi connectivity index (χ0n) is 3.63.